The zero-order valence-corrected chi connectivity index (χ0v) is 29.8. The lowest BCUT2D eigenvalue weighted by Crippen LogP contribution is -2.57. The van der Waals surface area contributed by atoms with Crippen molar-refractivity contribution in [2.45, 2.75) is 107 Å². The van der Waals surface area contributed by atoms with Gasteiger partial charge in [0.1, 0.15) is 29.1 Å². The summed E-state index contributed by atoms with van der Waals surface area (Å²) in [4.78, 5) is 70.8. The minimum atomic E-state index is -3.93. The summed E-state index contributed by atoms with van der Waals surface area (Å²) in [6, 6.07) is 3.36. The molecular formula is C35H45FN4O10S. The number of esters is 1. The van der Waals surface area contributed by atoms with Crippen molar-refractivity contribution in [1.82, 2.24) is 19.8 Å². The smallest absolute Gasteiger partial charge is 0.410 e. The molecule has 2 N–H and O–H groups in total. The third-order valence-electron chi connectivity index (χ3n) is 9.85. The minimum absolute atomic E-state index is 0.00557. The first-order valence-electron chi connectivity index (χ1n) is 17.4. The number of fused-ring (bicyclic) bond motifs is 3. The van der Waals surface area contributed by atoms with Gasteiger partial charge in [-0.2, -0.15) is 0 Å². The van der Waals surface area contributed by atoms with E-state index in [0.717, 1.165) is 0 Å². The minimum Gasteiger partial charge on any atom is -0.460 e. The Labute approximate surface area is 296 Å². The molecule has 0 bridgehead atoms. The molecule has 5 atom stereocenters. The molecule has 0 radical (unpaired) electrons. The number of ether oxygens (including phenoxy) is 3. The molecule has 1 saturated heterocycles. The van der Waals surface area contributed by atoms with E-state index in [4.69, 9.17) is 14.2 Å². The number of halogens is 1. The van der Waals surface area contributed by atoms with Gasteiger partial charge < -0.3 is 24.4 Å². The summed E-state index contributed by atoms with van der Waals surface area (Å²) in [6.45, 7) is 5.47. The van der Waals surface area contributed by atoms with Crippen LogP contribution in [0.3, 0.4) is 0 Å². The normalized spacial score (nSPS) is 29.0. The lowest BCUT2D eigenvalue weighted by molar-refractivity contribution is -0.159. The lowest BCUT2D eigenvalue weighted by atomic mass is 9.99. The molecule has 3 heterocycles. The average Bonchev–Trinajstić information content (AvgIpc) is 3.93. The zero-order chi connectivity index (χ0) is 36.7. The Hall–Kier alpha value is -4.05. The third kappa shape index (κ3) is 8.37. The van der Waals surface area contributed by atoms with Crippen molar-refractivity contribution in [3.8, 4) is 0 Å². The lowest BCUT2D eigenvalue weighted by Gasteiger charge is -2.29. The van der Waals surface area contributed by atoms with Crippen LogP contribution in [0.25, 0.3) is 0 Å². The molecule has 3 fully saturated rings. The number of sulfonamides is 1. The summed E-state index contributed by atoms with van der Waals surface area (Å²) in [5.74, 6) is -4.66. The number of amides is 4. The Kier molecular flexibility index (Phi) is 10.2. The Morgan fingerprint density at radius 1 is 1.12 bits per heavy atom. The summed E-state index contributed by atoms with van der Waals surface area (Å²) >= 11 is 0. The monoisotopic (exact) mass is 732 g/mol. The van der Waals surface area contributed by atoms with Gasteiger partial charge in [-0.05, 0) is 64.5 Å². The first-order chi connectivity index (χ1) is 24.1. The largest absolute Gasteiger partial charge is 0.460 e. The third-order valence-corrected chi connectivity index (χ3v) is 11.7. The van der Waals surface area contributed by atoms with Crippen LogP contribution < -0.4 is 10.0 Å². The Morgan fingerprint density at radius 3 is 2.59 bits per heavy atom. The topological polar surface area (TPSA) is 178 Å². The first-order valence-corrected chi connectivity index (χ1v) is 19.0. The molecule has 1 aromatic rings. The van der Waals surface area contributed by atoms with E-state index in [2.05, 4.69) is 10.0 Å². The zero-order valence-electron chi connectivity index (χ0n) is 29.0. The van der Waals surface area contributed by atoms with E-state index in [1.54, 1.807) is 45.1 Å². The maximum absolute atomic E-state index is 14.4. The molecule has 2 aliphatic carbocycles. The molecule has 3 aliphatic heterocycles. The van der Waals surface area contributed by atoms with Gasteiger partial charge in [-0.3, -0.25) is 28.8 Å². The quantitative estimate of drug-likeness (QED) is 0.326. The molecule has 14 nitrogen and oxygen atoms in total. The molecule has 278 valence electrons. The first kappa shape index (κ1) is 36.7. The van der Waals surface area contributed by atoms with Gasteiger partial charge in [0.25, 0.3) is 5.91 Å². The fourth-order valence-electron chi connectivity index (χ4n) is 6.94. The van der Waals surface area contributed by atoms with Gasteiger partial charge in [-0.25, -0.2) is 17.6 Å². The highest BCUT2D eigenvalue weighted by molar-refractivity contribution is 7.91. The van der Waals surface area contributed by atoms with Crippen molar-refractivity contribution < 1.29 is 51.0 Å². The van der Waals surface area contributed by atoms with E-state index in [-0.39, 0.29) is 58.5 Å². The predicted molar refractivity (Wildman–Crippen MR) is 178 cm³/mol. The number of nitrogens with one attached hydrogen (secondary N) is 2. The van der Waals surface area contributed by atoms with Crippen LogP contribution in [0.1, 0.15) is 76.8 Å². The maximum Gasteiger partial charge on any atom is 0.410 e. The van der Waals surface area contributed by atoms with Crippen LogP contribution in [0.2, 0.25) is 0 Å². The molecule has 1 aromatic carbocycles. The van der Waals surface area contributed by atoms with Crippen molar-refractivity contribution in [3.63, 3.8) is 0 Å². The highest BCUT2D eigenvalue weighted by Crippen LogP contribution is 2.46. The van der Waals surface area contributed by atoms with Crippen molar-refractivity contribution in [2.75, 3.05) is 19.8 Å². The summed E-state index contributed by atoms with van der Waals surface area (Å²) in [5.41, 5.74) is -1.36. The van der Waals surface area contributed by atoms with Crippen LogP contribution in [0, 0.1) is 17.7 Å². The number of hydrogen-bond acceptors (Lipinski definition) is 10. The predicted octanol–water partition coefficient (Wildman–Crippen LogP) is 2.45. The van der Waals surface area contributed by atoms with Crippen molar-refractivity contribution in [2.24, 2.45) is 11.8 Å². The number of carbonyl (C=O) groups excluding carboxylic acids is 5. The summed E-state index contributed by atoms with van der Waals surface area (Å²) < 4.78 is 59.1. The Bertz CT molecular complexity index is 1720. The number of rotatable bonds is 6. The van der Waals surface area contributed by atoms with Crippen LogP contribution in [0.15, 0.2) is 30.4 Å². The van der Waals surface area contributed by atoms with Crippen LogP contribution in [-0.4, -0.2) is 96.3 Å². The molecule has 16 heteroatoms. The molecule has 0 unspecified atom stereocenters. The molecule has 51 heavy (non-hydrogen) atoms. The molecule has 4 amide bonds. The van der Waals surface area contributed by atoms with E-state index in [0.29, 0.717) is 30.4 Å². The van der Waals surface area contributed by atoms with Crippen molar-refractivity contribution in [3.05, 3.63) is 47.3 Å². The second-order valence-corrected chi connectivity index (χ2v) is 17.0. The number of nitrogens with zero attached hydrogens (tertiary/aromatic N) is 2. The van der Waals surface area contributed by atoms with Crippen LogP contribution >= 0.6 is 0 Å². The summed E-state index contributed by atoms with van der Waals surface area (Å²) in [5, 5.41) is 2.10. The molecular weight excluding hydrogens is 687 g/mol. The van der Waals surface area contributed by atoms with Gasteiger partial charge >= 0.3 is 12.1 Å². The van der Waals surface area contributed by atoms with Gasteiger partial charge in [-0.1, -0.05) is 24.3 Å². The highest BCUT2D eigenvalue weighted by atomic mass is 32.2. The SMILES string of the molecule is CC(C)(C)OC(=O)C[C@H]1CCOCC/C=C\[C@@H]2C[C@@]2(C(=O)NS(=O)(=O)C2CC2)NC(=O)[C@@H]2C[C@@H](OC(=O)N3Cc4cccc(F)c4C3)CN2C1=O. The number of hydrogen-bond donors (Lipinski definition) is 2. The van der Waals surface area contributed by atoms with Crippen molar-refractivity contribution >= 4 is 39.8 Å². The average molecular weight is 733 g/mol. The second-order valence-electron chi connectivity index (χ2n) is 15.0. The summed E-state index contributed by atoms with van der Waals surface area (Å²) in [6.07, 6.45) is 3.02. The van der Waals surface area contributed by atoms with Gasteiger partial charge in [0.15, 0.2) is 0 Å². The van der Waals surface area contributed by atoms with E-state index < -0.39 is 86.0 Å². The molecule has 0 spiro atoms. The van der Waals surface area contributed by atoms with E-state index in [1.807, 2.05) is 0 Å². The van der Waals surface area contributed by atoms with Crippen molar-refractivity contribution in [1.29, 1.82) is 0 Å². The van der Waals surface area contributed by atoms with E-state index in [9.17, 15) is 36.8 Å². The molecule has 6 rings (SSSR count). The van der Waals surface area contributed by atoms with Crippen LogP contribution in [0.4, 0.5) is 9.18 Å². The van der Waals surface area contributed by atoms with Gasteiger partial charge in [0, 0.05) is 31.1 Å². The highest BCUT2D eigenvalue weighted by Gasteiger charge is 2.62. The van der Waals surface area contributed by atoms with Crippen LogP contribution in [-0.2, 0) is 56.5 Å². The molecule has 5 aliphatic rings. The molecule has 2 saturated carbocycles. The van der Waals surface area contributed by atoms with Gasteiger partial charge in [0.05, 0.1) is 37.3 Å². The van der Waals surface area contributed by atoms with Gasteiger partial charge in [-0.15, -0.1) is 0 Å². The fourth-order valence-corrected chi connectivity index (χ4v) is 8.30. The number of benzene rings is 1. The van der Waals surface area contributed by atoms with E-state index in [1.165, 1.54) is 15.9 Å². The second kappa shape index (κ2) is 14.2. The Morgan fingerprint density at radius 2 is 1.88 bits per heavy atom. The maximum atomic E-state index is 14.4. The van der Waals surface area contributed by atoms with Crippen LogP contribution in [0.5, 0.6) is 0 Å². The fraction of sp³-hybridized carbons (Fsp3) is 0.629. The Balaban J connectivity index is 1.25. The standard InChI is InChI=1S/C35H45FN4O10S/c1-34(2,3)50-29(41)15-21-12-14-48-13-5-4-8-23-17-35(23,32(44)38-51(46,47)25-10-11-25)37-30(42)28-16-24(19-40(28)31(21)43)49-33(45)39-18-22-7-6-9-27(36)26(22)20-39/h4,6-9,21,23-25,28H,5,10-20H2,1-3H3,(H,37,42)(H,38,44)/b8-4-/t21-,23-,24-,28+,35-/m1/s1. The number of carbonyl (C=O) groups is 5. The van der Waals surface area contributed by atoms with Gasteiger partial charge in [0.2, 0.25) is 21.8 Å². The molecule has 0 aromatic heterocycles. The van der Waals surface area contributed by atoms with E-state index >= 15 is 0 Å². The summed E-state index contributed by atoms with van der Waals surface area (Å²) in [7, 11) is -3.93.